The summed E-state index contributed by atoms with van der Waals surface area (Å²) in [6.45, 7) is 4.48. The highest BCUT2D eigenvalue weighted by molar-refractivity contribution is 6.32. The highest BCUT2D eigenvalue weighted by atomic mass is 35.5. The maximum atomic E-state index is 15.0. The molecule has 3 aromatic rings. The number of ether oxygens (including phenoxy) is 1. The van der Waals surface area contributed by atoms with E-state index in [1.165, 1.54) is 16.9 Å². The van der Waals surface area contributed by atoms with Crippen molar-refractivity contribution in [3.63, 3.8) is 0 Å². The number of halogens is 5. The van der Waals surface area contributed by atoms with Crippen LogP contribution < -0.4 is 10.6 Å². The highest BCUT2D eigenvalue weighted by Gasteiger charge is 2.38. The van der Waals surface area contributed by atoms with Crippen LogP contribution in [0.4, 0.5) is 34.8 Å². The normalized spacial score (nSPS) is 22.2. The van der Waals surface area contributed by atoms with E-state index < -0.39 is 24.0 Å². The number of alkyl halides is 4. The topological polar surface area (TPSA) is 83.0 Å². The third-order valence-corrected chi connectivity index (χ3v) is 6.68. The van der Waals surface area contributed by atoms with Gasteiger partial charge in [0.25, 0.3) is 0 Å². The molecule has 5 rings (SSSR count). The SMILES string of the molecule is CCNc1cc(Nc2cnn([C@H]3CCN(C4COC4)C[C@@H]3F)c2Cl)nc2[nH]cc(C(F)(F)F)c12. The molecular formula is C21H24ClF4N7O. The Morgan fingerprint density at radius 2 is 2.09 bits per heavy atom. The van der Waals surface area contributed by atoms with E-state index in [1.54, 1.807) is 6.92 Å². The second kappa shape index (κ2) is 8.90. The minimum atomic E-state index is -4.52. The van der Waals surface area contributed by atoms with Crippen molar-refractivity contribution in [2.45, 2.75) is 37.8 Å². The van der Waals surface area contributed by atoms with Gasteiger partial charge in [-0.2, -0.15) is 18.3 Å². The van der Waals surface area contributed by atoms with Crippen LogP contribution in [0.25, 0.3) is 11.0 Å². The molecule has 2 aliphatic rings. The van der Waals surface area contributed by atoms with E-state index in [1.807, 2.05) is 0 Å². The van der Waals surface area contributed by atoms with Crippen molar-refractivity contribution in [2.24, 2.45) is 0 Å². The number of aromatic amines is 1. The Balaban J connectivity index is 1.38. The number of hydrogen-bond donors (Lipinski definition) is 3. The first-order chi connectivity index (χ1) is 16.3. The maximum Gasteiger partial charge on any atom is 0.418 e. The molecule has 3 aromatic heterocycles. The van der Waals surface area contributed by atoms with E-state index in [4.69, 9.17) is 16.3 Å². The van der Waals surface area contributed by atoms with Crippen molar-refractivity contribution in [3.05, 3.63) is 29.2 Å². The first-order valence-electron chi connectivity index (χ1n) is 11.0. The summed E-state index contributed by atoms with van der Waals surface area (Å²) in [5.74, 6) is 0.275. The highest BCUT2D eigenvalue weighted by Crippen LogP contribution is 2.39. The summed E-state index contributed by atoms with van der Waals surface area (Å²) < 4.78 is 61.9. The van der Waals surface area contributed by atoms with Gasteiger partial charge in [0.05, 0.1) is 48.1 Å². The third kappa shape index (κ3) is 4.18. The van der Waals surface area contributed by atoms with Crippen LogP contribution in [0, 0.1) is 0 Å². The Kier molecular flexibility index (Phi) is 6.07. The molecule has 2 saturated heterocycles. The average molecular weight is 502 g/mol. The molecule has 8 nitrogen and oxygen atoms in total. The number of nitrogens with zero attached hydrogens (tertiary/aromatic N) is 4. The standard InChI is InChI=1S/C21H24ClF4N7O/c1-2-27-14-5-17(31-20-18(14)12(6-28-20)21(24,25)26)30-15-7-29-33(19(15)22)16-3-4-32(8-13(16)23)11-9-34-10-11/h5-7,11,13,16H,2-4,8-10H2,1H3,(H3,27,28,30,31)/t13-,16-/m0/s1. The van der Waals surface area contributed by atoms with E-state index in [0.29, 0.717) is 31.9 Å². The van der Waals surface area contributed by atoms with Gasteiger partial charge in [0.15, 0.2) is 5.15 Å². The van der Waals surface area contributed by atoms with Crippen LogP contribution in [0.15, 0.2) is 18.5 Å². The molecule has 0 radical (unpaired) electrons. The van der Waals surface area contributed by atoms with Crippen LogP contribution in [0.5, 0.6) is 0 Å². The largest absolute Gasteiger partial charge is 0.418 e. The molecule has 13 heteroatoms. The van der Waals surface area contributed by atoms with E-state index in [0.717, 1.165) is 12.7 Å². The van der Waals surface area contributed by atoms with Gasteiger partial charge in [-0.15, -0.1) is 0 Å². The average Bonchev–Trinajstić information content (AvgIpc) is 3.32. The Morgan fingerprint density at radius 1 is 1.29 bits per heavy atom. The van der Waals surface area contributed by atoms with Crippen LogP contribution in [0.1, 0.15) is 24.9 Å². The molecular weight excluding hydrogens is 478 g/mol. The van der Waals surface area contributed by atoms with Gasteiger partial charge in [0.2, 0.25) is 0 Å². The number of rotatable bonds is 6. The molecule has 5 heterocycles. The molecule has 0 spiro atoms. The fourth-order valence-electron chi connectivity index (χ4n) is 4.51. The van der Waals surface area contributed by atoms with E-state index in [-0.39, 0.29) is 40.3 Å². The lowest BCUT2D eigenvalue weighted by atomic mass is 10.0. The van der Waals surface area contributed by atoms with Crippen molar-refractivity contribution in [3.8, 4) is 0 Å². The van der Waals surface area contributed by atoms with Gasteiger partial charge in [0.1, 0.15) is 17.6 Å². The van der Waals surface area contributed by atoms with E-state index in [9.17, 15) is 17.6 Å². The van der Waals surface area contributed by atoms with Crippen LogP contribution >= 0.6 is 11.6 Å². The Hall–Kier alpha value is -2.57. The van der Waals surface area contributed by atoms with Gasteiger partial charge in [-0.3, -0.25) is 4.90 Å². The lowest BCUT2D eigenvalue weighted by Crippen LogP contribution is -2.55. The number of fused-ring (bicyclic) bond motifs is 1. The zero-order valence-electron chi connectivity index (χ0n) is 18.3. The molecule has 0 saturated carbocycles. The number of piperidine rings is 1. The molecule has 2 fully saturated rings. The molecule has 2 atom stereocenters. The second-order valence-electron chi connectivity index (χ2n) is 8.49. The number of likely N-dealkylation sites (tertiary alicyclic amines) is 1. The summed E-state index contributed by atoms with van der Waals surface area (Å²) in [6.07, 6.45) is -2.75. The Morgan fingerprint density at radius 3 is 2.74 bits per heavy atom. The number of pyridine rings is 1. The summed E-state index contributed by atoms with van der Waals surface area (Å²) in [6, 6.07) is 1.24. The molecule has 3 N–H and O–H groups in total. The van der Waals surface area contributed by atoms with Gasteiger partial charge in [-0.1, -0.05) is 11.6 Å². The van der Waals surface area contributed by atoms with Crippen molar-refractivity contribution >= 4 is 39.8 Å². The van der Waals surface area contributed by atoms with Crippen molar-refractivity contribution in [1.29, 1.82) is 0 Å². The zero-order valence-corrected chi connectivity index (χ0v) is 19.0. The van der Waals surface area contributed by atoms with Crippen LogP contribution in [-0.2, 0) is 10.9 Å². The molecule has 184 valence electrons. The summed E-state index contributed by atoms with van der Waals surface area (Å²) in [5.41, 5.74) is -0.0473. The third-order valence-electron chi connectivity index (χ3n) is 6.30. The first-order valence-corrected chi connectivity index (χ1v) is 11.4. The summed E-state index contributed by atoms with van der Waals surface area (Å²) in [7, 11) is 0. The summed E-state index contributed by atoms with van der Waals surface area (Å²) in [4.78, 5) is 8.96. The van der Waals surface area contributed by atoms with E-state index in [2.05, 4.69) is 30.6 Å². The summed E-state index contributed by atoms with van der Waals surface area (Å²) in [5, 5.41) is 10.4. The van der Waals surface area contributed by atoms with Crippen LogP contribution in [-0.4, -0.2) is 69.7 Å². The predicted octanol–water partition coefficient (Wildman–Crippen LogP) is 4.59. The zero-order chi connectivity index (χ0) is 24.0. The molecule has 0 bridgehead atoms. The number of aromatic nitrogens is 4. The van der Waals surface area contributed by atoms with Gasteiger partial charge in [-0.05, 0) is 13.3 Å². The summed E-state index contributed by atoms with van der Waals surface area (Å²) >= 11 is 6.53. The molecule has 0 aliphatic carbocycles. The monoisotopic (exact) mass is 501 g/mol. The quantitative estimate of drug-likeness (QED) is 0.429. The second-order valence-corrected chi connectivity index (χ2v) is 8.84. The number of nitrogens with one attached hydrogen (secondary N) is 3. The predicted molar refractivity (Wildman–Crippen MR) is 121 cm³/mol. The van der Waals surface area contributed by atoms with Crippen molar-refractivity contribution in [1.82, 2.24) is 24.6 Å². The van der Waals surface area contributed by atoms with Gasteiger partial charge in [0, 0.05) is 37.6 Å². The molecule has 0 unspecified atom stereocenters. The smallest absolute Gasteiger partial charge is 0.385 e. The molecule has 0 aromatic carbocycles. The van der Waals surface area contributed by atoms with Crippen molar-refractivity contribution < 1.29 is 22.3 Å². The fourth-order valence-corrected chi connectivity index (χ4v) is 4.77. The van der Waals surface area contributed by atoms with E-state index >= 15 is 0 Å². The lowest BCUT2D eigenvalue weighted by Gasteiger charge is -2.42. The first kappa shape index (κ1) is 23.2. The van der Waals surface area contributed by atoms with Crippen molar-refractivity contribution in [2.75, 3.05) is 43.5 Å². The Labute approximate surface area is 197 Å². The molecule has 2 aliphatic heterocycles. The minimum Gasteiger partial charge on any atom is -0.385 e. The Bertz CT molecular complexity index is 1180. The maximum absolute atomic E-state index is 15.0. The number of hydrogen-bond acceptors (Lipinski definition) is 6. The fraction of sp³-hybridized carbons (Fsp3) is 0.524. The van der Waals surface area contributed by atoms with Gasteiger partial charge >= 0.3 is 6.18 Å². The van der Waals surface area contributed by atoms with Crippen LogP contribution in [0.3, 0.4) is 0 Å². The number of anilines is 3. The van der Waals surface area contributed by atoms with Crippen LogP contribution in [0.2, 0.25) is 5.15 Å². The lowest BCUT2D eigenvalue weighted by molar-refractivity contribution is -0.136. The number of H-pyrrole nitrogens is 1. The molecule has 34 heavy (non-hydrogen) atoms. The van der Waals surface area contributed by atoms with Gasteiger partial charge in [-0.25, -0.2) is 14.1 Å². The minimum absolute atomic E-state index is 0.0365. The van der Waals surface area contributed by atoms with Gasteiger partial charge < -0.3 is 20.4 Å². The molecule has 0 amide bonds.